The van der Waals surface area contributed by atoms with Gasteiger partial charge in [-0.05, 0) is 32.9 Å². The molecule has 17 heavy (non-hydrogen) atoms. The van der Waals surface area contributed by atoms with Gasteiger partial charge in [-0.2, -0.15) is 0 Å². The van der Waals surface area contributed by atoms with Crippen LogP contribution in [-0.2, 0) is 0 Å². The maximum Gasteiger partial charge on any atom is 0.178 e. The van der Waals surface area contributed by atoms with E-state index in [1.165, 1.54) is 0 Å². The smallest absolute Gasteiger partial charge is 0.178 e. The molecule has 3 nitrogen and oxygen atoms in total. The molecule has 2 rings (SSSR count). The van der Waals surface area contributed by atoms with Crippen molar-refractivity contribution >= 4 is 16.7 Å². The normalized spacial score (nSPS) is 11.4. The topological polar surface area (TPSA) is 48.0 Å². The van der Waals surface area contributed by atoms with Gasteiger partial charge >= 0.3 is 0 Å². The first-order valence-corrected chi connectivity index (χ1v) is 5.89. The van der Waals surface area contributed by atoms with Crippen LogP contribution in [0.5, 0.6) is 0 Å². The van der Waals surface area contributed by atoms with Gasteiger partial charge in [0.15, 0.2) is 5.78 Å². The van der Waals surface area contributed by atoms with Gasteiger partial charge in [0.05, 0.1) is 6.54 Å². The summed E-state index contributed by atoms with van der Waals surface area (Å²) in [5.41, 5.74) is 8.45. The highest BCUT2D eigenvalue weighted by Gasteiger charge is 2.15. The Morgan fingerprint density at radius 3 is 2.71 bits per heavy atom. The van der Waals surface area contributed by atoms with E-state index in [1.807, 2.05) is 13.1 Å². The summed E-state index contributed by atoms with van der Waals surface area (Å²) in [5.74, 6) is 0.000000000000000222. The standard InChI is InChI=1S/C14H18N2O/c1-9(2)16-8-12(14(17)7-15)11-6-10(3)4-5-13(11)16/h4-6,8-9H,7,15H2,1-3H3. The number of aromatic nitrogens is 1. The monoisotopic (exact) mass is 230 g/mol. The van der Waals surface area contributed by atoms with E-state index in [2.05, 4.69) is 36.6 Å². The van der Waals surface area contributed by atoms with Gasteiger partial charge in [0.2, 0.25) is 0 Å². The van der Waals surface area contributed by atoms with E-state index < -0.39 is 0 Å². The summed E-state index contributed by atoms with van der Waals surface area (Å²) in [6.45, 7) is 6.31. The molecule has 90 valence electrons. The molecule has 0 atom stereocenters. The molecule has 0 aliphatic carbocycles. The highest BCUT2D eigenvalue weighted by Crippen LogP contribution is 2.25. The molecule has 0 aliphatic rings. The maximum absolute atomic E-state index is 11.8. The van der Waals surface area contributed by atoms with Crippen LogP contribution >= 0.6 is 0 Å². The van der Waals surface area contributed by atoms with Gasteiger partial charge in [0, 0.05) is 28.7 Å². The van der Waals surface area contributed by atoms with E-state index in [1.54, 1.807) is 0 Å². The number of nitrogens with two attached hydrogens (primary N) is 1. The van der Waals surface area contributed by atoms with E-state index in [4.69, 9.17) is 5.73 Å². The number of nitrogens with zero attached hydrogens (tertiary/aromatic N) is 1. The molecule has 1 aromatic carbocycles. The summed E-state index contributed by atoms with van der Waals surface area (Å²) in [6, 6.07) is 6.52. The number of carbonyl (C=O) groups excluding carboxylic acids is 1. The van der Waals surface area contributed by atoms with Gasteiger partial charge in [-0.25, -0.2) is 0 Å². The number of benzene rings is 1. The third kappa shape index (κ3) is 1.98. The zero-order chi connectivity index (χ0) is 12.6. The second-order valence-electron chi connectivity index (χ2n) is 4.69. The zero-order valence-electron chi connectivity index (χ0n) is 10.5. The van der Waals surface area contributed by atoms with Gasteiger partial charge in [-0.15, -0.1) is 0 Å². The molecule has 2 N–H and O–H groups in total. The molecule has 0 radical (unpaired) electrons. The molecular weight excluding hydrogens is 212 g/mol. The summed E-state index contributed by atoms with van der Waals surface area (Å²) in [7, 11) is 0. The molecule has 0 aliphatic heterocycles. The second-order valence-corrected chi connectivity index (χ2v) is 4.69. The van der Waals surface area contributed by atoms with E-state index >= 15 is 0 Å². The number of carbonyl (C=O) groups is 1. The predicted octanol–water partition coefficient (Wildman–Crippen LogP) is 2.67. The number of Topliss-reactive ketones (excluding diaryl/α,β-unsaturated/α-hetero) is 1. The van der Waals surface area contributed by atoms with Crippen molar-refractivity contribution in [2.75, 3.05) is 6.54 Å². The number of aryl methyl sites for hydroxylation is 1. The minimum Gasteiger partial charge on any atom is -0.344 e. The highest BCUT2D eigenvalue weighted by molar-refractivity contribution is 6.09. The first kappa shape index (κ1) is 11.9. The summed E-state index contributed by atoms with van der Waals surface area (Å²) in [5, 5.41) is 1.01. The third-order valence-electron chi connectivity index (χ3n) is 3.03. The van der Waals surface area contributed by atoms with Crippen LogP contribution in [0.4, 0.5) is 0 Å². The van der Waals surface area contributed by atoms with Crippen molar-refractivity contribution in [3.8, 4) is 0 Å². The van der Waals surface area contributed by atoms with Crippen LogP contribution < -0.4 is 5.73 Å². The Hall–Kier alpha value is -1.61. The Labute approximate surface area is 101 Å². The van der Waals surface area contributed by atoms with Gasteiger partial charge < -0.3 is 10.3 Å². The first-order chi connectivity index (χ1) is 8.04. The van der Waals surface area contributed by atoms with Crippen LogP contribution in [0.2, 0.25) is 0 Å². The Morgan fingerprint density at radius 1 is 1.41 bits per heavy atom. The summed E-state index contributed by atoms with van der Waals surface area (Å²) in [4.78, 5) is 11.8. The predicted molar refractivity (Wildman–Crippen MR) is 70.4 cm³/mol. The average molecular weight is 230 g/mol. The largest absolute Gasteiger partial charge is 0.344 e. The number of fused-ring (bicyclic) bond motifs is 1. The van der Waals surface area contributed by atoms with Crippen molar-refractivity contribution < 1.29 is 4.79 Å². The quantitative estimate of drug-likeness (QED) is 0.824. The molecule has 1 aromatic heterocycles. The molecule has 2 aromatic rings. The Bertz CT molecular complexity index is 567. The molecule has 0 fully saturated rings. The first-order valence-electron chi connectivity index (χ1n) is 5.89. The fraction of sp³-hybridized carbons (Fsp3) is 0.357. The number of rotatable bonds is 3. The minimum absolute atomic E-state index is 0.000000000000000222. The second kappa shape index (κ2) is 4.34. The number of hydrogen-bond donors (Lipinski definition) is 1. The molecule has 1 heterocycles. The molecule has 0 spiro atoms. The molecule has 0 saturated carbocycles. The SMILES string of the molecule is Cc1ccc2c(c1)c(C(=O)CN)cn2C(C)C. The average Bonchev–Trinajstić information content (AvgIpc) is 2.66. The van der Waals surface area contributed by atoms with E-state index in [0.29, 0.717) is 6.04 Å². The van der Waals surface area contributed by atoms with E-state index in [0.717, 1.165) is 22.0 Å². The molecule has 0 bridgehead atoms. The molecule has 3 heteroatoms. The lowest BCUT2D eigenvalue weighted by Crippen LogP contribution is -2.13. The Morgan fingerprint density at radius 2 is 2.12 bits per heavy atom. The van der Waals surface area contributed by atoms with Gasteiger partial charge in [-0.3, -0.25) is 4.79 Å². The minimum atomic E-state index is 0.000000000000000222. The van der Waals surface area contributed by atoms with Crippen LogP contribution in [0.3, 0.4) is 0 Å². The van der Waals surface area contributed by atoms with Crippen LogP contribution in [0.15, 0.2) is 24.4 Å². The van der Waals surface area contributed by atoms with E-state index in [-0.39, 0.29) is 12.3 Å². The Balaban J connectivity index is 2.75. The van der Waals surface area contributed by atoms with Crippen LogP contribution in [0.25, 0.3) is 10.9 Å². The molecule has 0 unspecified atom stereocenters. The molecular formula is C14H18N2O. The lowest BCUT2D eigenvalue weighted by Gasteiger charge is -2.08. The van der Waals surface area contributed by atoms with Crippen LogP contribution in [-0.4, -0.2) is 16.9 Å². The molecule has 0 saturated heterocycles. The number of hydrogen-bond acceptors (Lipinski definition) is 2. The fourth-order valence-electron chi connectivity index (χ4n) is 2.13. The van der Waals surface area contributed by atoms with Crippen molar-refractivity contribution in [3.63, 3.8) is 0 Å². The third-order valence-corrected chi connectivity index (χ3v) is 3.03. The zero-order valence-corrected chi connectivity index (χ0v) is 10.5. The van der Waals surface area contributed by atoms with E-state index in [9.17, 15) is 4.79 Å². The van der Waals surface area contributed by atoms with Gasteiger partial charge in [0.25, 0.3) is 0 Å². The summed E-state index contributed by atoms with van der Waals surface area (Å²) >= 11 is 0. The van der Waals surface area contributed by atoms with Crippen molar-refractivity contribution in [1.29, 1.82) is 0 Å². The molecule has 0 amide bonds. The fourth-order valence-corrected chi connectivity index (χ4v) is 2.13. The maximum atomic E-state index is 11.8. The lowest BCUT2D eigenvalue weighted by atomic mass is 10.1. The van der Waals surface area contributed by atoms with Crippen molar-refractivity contribution in [2.24, 2.45) is 5.73 Å². The van der Waals surface area contributed by atoms with Crippen molar-refractivity contribution in [1.82, 2.24) is 4.57 Å². The van der Waals surface area contributed by atoms with Gasteiger partial charge in [-0.1, -0.05) is 11.6 Å². The van der Waals surface area contributed by atoms with Gasteiger partial charge in [0.1, 0.15) is 0 Å². The highest BCUT2D eigenvalue weighted by atomic mass is 16.1. The Kier molecular flexibility index (Phi) is 3.03. The summed E-state index contributed by atoms with van der Waals surface area (Å²) in [6.07, 6.45) is 1.92. The van der Waals surface area contributed by atoms with Crippen LogP contribution in [0, 0.1) is 6.92 Å². The number of ketones is 1. The summed E-state index contributed by atoms with van der Waals surface area (Å²) < 4.78 is 2.12. The van der Waals surface area contributed by atoms with Crippen molar-refractivity contribution in [3.05, 3.63) is 35.5 Å². The van der Waals surface area contributed by atoms with Crippen LogP contribution in [0.1, 0.15) is 35.8 Å². The lowest BCUT2D eigenvalue weighted by molar-refractivity contribution is 0.100. The van der Waals surface area contributed by atoms with Crippen molar-refractivity contribution in [2.45, 2.75) is 26.8 Å².